The molecule has 0 aliphatic carbocycles. The van der Waals surface area contributed by atoms with E-state index in [1.165, 1.54) is 19.2 Å². The highest BCUT2D eigenvalue weighted by Crippen LogP contribution is 2.31. The van der Waals surface area contributed by atoms with Gasteiger partial charge in [0, 0.05) is 17.3 Å². The van der Waals surface area contributed by atoms with Crippen molar-refractivity contribution in [1.82, 2.24) is 4.90 Å². The number of fused-ring (bicyclic) bond motifs is 1. The van der Waals surface area contributed by atoms with Gasteiger partial charge < -0.3 is 14.8 Å². The van der Waals surface area contributed by atoms with Gasteiger partial charge in [0.1, 0.15) is 17.9 Å². The van der Waals surface area contributed by atoms with Crippen molar-refractivity contribution in [3.8, 4) is 5.75 Å². The van der Waals surface area contributed by atoms with E-state index in [9.17, 15) is 29.3 Å². The lowest BCUT2D eigenvalue weighted by Crippen LogP contribution is -2.37. The second kappa shape index (κ2) is 10.1. The molecule has 1 N–H and O–H groups in total. The van der Waals surface area contributed by atoms with Gasteiger partial charge in [-0.1, -0.05) is 36.4 Å². The van der Waals surface area contributed by atoms with Crippen molar-refractivity contribution >= 4 is 35.1 Å². The number of nitro groups is 1. The molecule has 36 heavy (non-hydrogen) atoms. The molecule has 3 aromatic carbocycles. The Morgan fingerprint density at radius 3 is 2.31 bits per heavy atom. The summed E-state index contributed by atoms with van der Waals surface area (Å²) in [5, 5.41) is 13.9. The number of rotatable bonds is 8. The number of carbonyl (C=O) groups excluding carboxylic acids is 4. The maximum Gasteiger partial charge on any atom is 0.327 e. The fourth-order valence-electron chi connectivity index (χ4n) is 3.69. The molecule has 0 spiro atoms. The fourth-order valence-corrected chi connectivity index (χ4v) is 3.69. The van der Waals surface area contributed by atoms with Crippen LogP contribution in [0.4, 0.5) is 11.4 Å². The summed E-state index contributed by atoms with van der Waals surface area (Å²) in [5.74, 6) is -2.99. The maximum absolute atomic E-state index is 13.0. The van der Waals surface area contributed by atoms with Crippen LogP contribution in [-0.4, -0.2) is 47.2 Å². The predicted molar refractivity (Wildman–Crippen MR) is 125 cm³/mol. The Labute approximate surface area is 204 Å². The summed E-state index contributed by atoms with van der Waals surface area (Å²) < 4.78 is 10.5. The molecule has 1 unspecified atom stereocenters. The smallest absolute Gasteiger partial charge is 0.327 e. The van der Waals surface area contributed by atoms with E-state index in [4.69, 9.17) is 9.47 Å². The lowest BCUT2D eigenvalue weighted by molar-refractivity contribution is -0.385. The molecular weight excluding hydrogens is 470 g/mol. The van der Waals surface area contributed by atoms with Crippen LogP contribution in [-0.2, 0) is 14.3 Å². The van der Waals surface area contributed by atoms with Gasteiger partial charge in [0.05, 0.1) is 17.6 Å². The zero-order chi connectivity index (χ0) is 25.8. The second-order valence-electron chi connectivity index (χ2n) is 7.65. The third kappa shape index (κ3) is 4.75. The van der Waals surface area contributed by atoms with E-state index < -0.39 is 52.5 Å². The summed E-state index contributed by atoms with van der Waals surface area (Å²) in [5.41, 5.74) is -0.334. The van der Waals surface area contributed by atoms with Gasteiger partial charge in [-0.2, -0.15) is 0 Å². The monoisotopic (exact) mass is 489 g/mol. The molecule has 0 saturated carbocycles. The van der Waals surface area contributed by atoms with Gasteiger partial charge in [-0.3, -0.25) is 34.2 Å². The van der Waals surface area contributed by atoms with E-state index in [1.807, 2.05) is 0 Å². The molecule has 1 heterocycles. The number of benzene rings is 3. The van der Waals surface area contributed by atoms with Crippen molar-refractivity contribution in [3.05, 3.63) is 99.6 Å². The average Bonchev–Trinajstić information content (AvgIpc) is 3.13. The topological polar surface area (TPSA) is 145 Å². The number of anilines is 1. The van der Waals surface area contributed by atoms with E-state index in [0.717, 1.165) is 6.07 Å². The van der Waals surface area contributed by atoms with Gasteiger partial charge >= 0.3 is 5.97 Å². The first-order valence-corrected chi connectivity index (χ1v) is 10.6. The Bertz CT molecular complexity index is 1360. The van der Waals surface area contributed by atoms with Gasteiger partial charge in [0.2, 0.25) is 6.10 Å². The lowest BCUT2D eigenvalue weighted by atomic mass is 10.1. The van der Waals surface area contributed by atoms with Crippen LogP contribution in [0.1, 0.15) is 32.4 Å². The van der Waals surface area contributed by atoms with Gasteiger partial charge in [-0.25, -0.2) is 0 Å². The highest BCUT2D eigenvalue weighted by atomic mass is 16.6. The molecule has 1 atom stereocenters. The highest BCUT2D eigenvalue weighted by molar-refractivity contribution is 6.24. The Balaban J connectivity index is 1.53. The number of amides is 3. The summed E-state index contributed by atoms with van der Waals surface area (Å²) >= 11 is 0. The van der Waals surface area contributed by atoms with E-state index in [1.54, 1.807) is 54.6 Å². The Morgan fingerprint density at radius 1 is 0.972 bits per heavy atom. The van der Waals surface area contributed by atoms with E-state index >= 15 is 0 Å². The minimum atomic E-state index is -1.40. The minimum Gasteiger partial charge on any atom is -0.497 e. The molecule has 0 fully saturated rings. The van der Waals surface area contributed by atoms with Crippen molar-refractivity contribution in [2.45, 2.75) is 6.10 Å². The Hall–Kier alpha value is -5.06. The third-order valence-electron chi connectivity index (χ3n) is 5.41. The van der Waals surface area contributed by atoms with Crippen molar-refractivity contribution in [2.75, 3.05) is 19.0 Å². The van der Waals surface area contributed by atoms with Gasteiger partial charge in [-0.05, 0) is 30.3 Å². The molecule has 11 nitrogen and oxygen atoms in total. The fraction of sp³-hybridized carbons (Fsp3) is 0.120. The van der Waals surface area contributed by atoms with Gasteiger partial charge in [0.25, 0.3) is 23.4 Å². The number of nitro benzene ring substituents is 1. The van der Waals surface area contributed by atoms with Gasteiger partial charge in [-0.15, -0.1) is 0 Å². The SMILES string of the molecule is COc1ccc(NC(=O)C(OC(=O)CN2C(=O)c3cccc([N+](=O)[O-])c3C2=O)c2ccccc2)cc1. The predicted octanol–water partition coefficient (Wildman–Crippen LogP) is 3.12. The number of nitrogens with zero attached hydrogens (tertiary/aromatic N) is 2. The number of hydrogen-bond donors (Lipinski definition) is 1. The van der Waals surface area contributed by atoms with E-state index in [-0.39, 0.29) is 5.56 Å². The summed E-state index contributed by atoms with van der Waals surface area (Å²) in [4.78, 5) is 62.3. The molecule has 0 bridgehead atoms. The number of nitrogens with one attached hydrogen (secondary N) is 1. The zero-order valence-electron chi connectivity index (χ0n) is 18.9. The van der Waals surface area contributed by atoms with Crippen LogP contribution >= 0.6 is 0 Å². The summed E-state index contributed by atoms with van der Waals surface area (Å²) in [7, 11) is 1.50. The molecule has 3 amide bonds. The van der Waals surface area contributed by atoms with Crippen LogP contribution in [0.3, 0.4) is 0 Å². The number of esters is 1. The van der Waals surface area contributed by atoms with Crippen LogP contribution in [0.5, 0.6) is 5.75 Å². The first-order chi connectivity index (χ1) is 17.3. The van der Waals surface area contributed by atoms with E-state index in [0.29, 0.717) is 21.9 Å². The number of ether oxygens (including phenoxy) is 2. The maximum atomic E-state index is 13.0. The normalized spacial score (nSPS) is 13.1. The summed E-state index contributed by atoms with van der Waals surface area (Å²) in [6.45, 7) is -0.831. The molecule has 1 aliphatic rings. The van der Waals surface area contributed by atoms with Crippen LogP contribution in [0.2, 0.25) is 0 Å². The molecule has 0 saturated heterocycles. The van der Waals surface area contributed by atoms with E-state index in [2.05, 4.69) is 5.32 Å². The molecule has 0 radical (unpaired) electrons. The molecule has 4 rings (SSSR count). The number of hydrogen-bond acceptors (Lipinski definition) is 8. The largest absolute Gasteiger partial charge is 0.497 e. The zero-order valence-corrected chi connectivity index (χ0v) is 18.9. The molecule has 0 aromatic heterocycles. The Morgan fingerprint density at radius 2 is 1.67 bits per heavy atom. The molecule has 3 aromatic rings. The van der Waals surface area contributed by atoms with Crippen molar-refractivity contribution in [2.24, 2.45) is 0 Å². The average molecular weight is 489 g/mol. The van der Waals surface area contributed by atoms with Crippen LogP contribution in [0.25, 0.3) is 0 Å². The first kappa shape index (κ1) is 24.1. The number of imide groups is 1. The van der Waals surface area contributed by atoms with Gasteiger partial charge in [0.15, 0.2) is 0 Å². The quantitative estimate of drug-likeness (QED) is 0.220. The standard InChI is InChI=1S/C25H19N3O8/c1-35-17-12-10-16(11-13-17)26-23(30)22(15-6-3-2-4-7-15)36-20(29)14-27-24(31)18-8-5-9-19(28(33)34)21(18)25(27)32/h2-13,22H,14H2,1H3,(H,26,30). The highest BCUT2D eigenvalue weighted by Gasteiger charge is 2.42. The Kier molecular flexibility index (Phi) is 6.72. The third-order valence-corrected chi connectivity index (χ3v) is 5.41. The van der Waals surface area contributed by atoms with Crippen LogP contribution in [0.15, 0.2) is 72.8 Å². The molecule has 182 valence electrons. The molecule has 1 aliphatic heterocycles. The number of methoxy groups -OCH3 is 1. The molecule has 11 heteroatoms. The van der Waals surface area contributed by atoms with Crippen molar-refractivity contribution < 1.29 is 33.6 Å². The van der Waals surface area contributed by atoms with Crippen LogP contribution in [0, 0.1) is 10.1 Å². The summed E-state index contributed by atoms with van der Waals surface area (Å²) in [6, 6.07) is 18.3. The van der Waals surface area contributed by atoms with Crippen molar-refractivity contribution in [1.29, 1.82) is 0 Å². The van der Waals surface area contributed by atoms with Crippen LogP contribution < -0.4 is 10.1 Å². The summed E-state index contributed by atoms with van der Waals surface area (Å²) in [6.07, 6.45) is -1.40. The number of carbonyl (C=O) groups is 4. The van der Waals surface area contributed by atoms with Crippen molar-refractivity contribution in [3.63, 3.8) is 0 Å². The lowest BCUT2D eigenvalue weighted by Gasteiger charge is -2.20. The second-order valence-corrected chi connectivity index (χ2v) is 7.65. The first-order valence-electron chi connectivity index (χ1n) is 10.6. The molecular formula is C25H19N3O8. The minimum absolute atomic E-state index is 0.182.